The maximum atomic E-state index is 12.5. The molecule has 0 amide bonds. The number of hydrogen-bond acceptors (Lipinski definition) is 7. The van der Waals surface area contributed by atoms with Gasteiger partial charge in [-0.05, 0) is 70.1 Å². The van der Waals surface area contributed by atoms with Crippen LogP contribution in [0.1, 0.15) is 32.1 Å². The zero-order valence-corrected chi connectivity index (χ0v) is 18.1. The van der Waals surface area contributed by atoms with Crippen molar-refractivity contribution >= 4 is 22.7 Å². The quantitative estimate of drug-likeness (QED) is 0.596. The Hall–Kier alpha value is -3.13. The second kappa shape index (κ2) is 9.78. The monoisotopic (exact) mass is 423 g/mol. The van der Waals surface area contributed by atoms with Crippen LogP contribution >= 0.6 is 0 Å². The number of benzene rings is 1. The highest BCUT2D eigenvalue weighted by molar-refractivity contribution is 5.75. The van der Waals surface area contributed by atoms with E-state index >= 15 is 0 Å². The van der Waals surface area contributed by atoms with Crippen molar-refractivity contribution in [3.8, 4) is 5.75 Å². The van der Waals surface area contributed by atoms with Gasteiger partial charge in [-0.15, -0.1) is 4.73 Å². The summed E-state index contributed by atoms with van der Waals surface area (Å²) in [5.41, 5.74) is 1.08. The van der Waals surface area contributed by atoms with Crippen molar-refractivity contribution in [2.75, 3.05) is 32.6 Å². The molecule has 0 unspecified atom stereocenters. The van der Waals surface area contributed by atoms with Crippen LogP contribution in [-0.2, 0) is 0 Å². The molecule has 164 valence electrons. The van der Waals surface area contributed by atoms with Gasteiger partial charge in [0.2, 0.25) is 5.95 Å². The minimum absolute atomic E-state index is 0.0449. The molecule has 8 nitrogen and oxygen atoms in total. The molecular weight excluding hydrogens is 394 g/mol. The first kappa shape index (κ1) is 21.1. The van der Waals surface area contributed by atoms with Crippen molar-refractivity contribution < 1.29 is 9.57 Å². The molecule has 1 aliphatic carbocycles. The van der Waals surface area contributed by atoms with Crippen LogP contribution in [0.5, 0.6) is 5.75 Å². The second-order valence-corrected chi connectivity index (χ2v) is 8.11. The van der Waals surface area contributed by atoms with Crippen LogP contribution in [0.2, 0.25) is 0 Å². The highest BCUT2D eigenvalue weighted by Crippen LogP contribution is 2.21. The number of hydrogen-bond donors (Lipinski definition) is 1. The molecule has 8 heteroatoms. The van der Waals surface area contributed by atoms with Gasteiger partial charge in [0.15, 0.2) is 5.65 Å². The molecule has 2 aromatic heterocycles. The summed E-state index contributed by atoms with van der Waals surface area (Å²) < 4.78 is 7.04. The molecule has 0 spiro atoms. The first-order valence-corrected chi connectivity index (χ1v) is 10.8. The molecule has 1 aromatic carbocycles. The number of pyridine rings is 1. The largest absolute Gasteiger partial charge is 0.492 e. The Balaban J connectivity index is 1.50. The standard InChI is InChI=1S/C23H29N5O3/c1-27(2)14-15-30-19-11-9-18(10-12-19)25-23-24-16-17-8-13-21(29)28(22(17)26-23)31-20-6-4-3-5-7-20/h8-13,16,20H,3-7,14-15H2,1-2H3,(H,24,25,26). The number of anilines is 2. The van der Waals surface area contributed by atoms with Gasteiger partial charge in [0.1, 0.15) is 18.5 Å². The highest BCUT2D eigenvalue weighted by atomic mass is 16.7. The first-order valence-electron chi connectivity index (χ1n) is 10.8. The molecule has 4 rings (SSSR count). The van der Waals surface area contributed by atoms with Crippen molar-refractivity contribution in [3.05, 3.63) is 52.9 Å². The Morgan fingerprint density at radius 2 is 1.87 bits per heavy atom. The van der Waals surface area contributed by atoms with E-state index in [0.29, 0.717) is 18.2 Å². The van der Waals surface area contributed by atoms with E-state index in [4.69, 9.17) is 9.57 Å². The van der Waals surface area contributed by atoms with Crippen LogP contribution in [0.3, 0.4) is 0 Å². The van der Waals surface area contributed by atoms with Crippen LogP contribution in [0, 0.1) is 0 Å². The van der Waals surface area contributed by atoms with E-state index in [0.717, 1.165) is 49.1 Å². The van der Waals surface area contributed by atoms with Gasteiger partial charge in [-0.2, -0.15) is 4.98 Å². The molecule has 3 aromatic rings. The lowest BCUT2D eigenvalue weighted by Crippen LogP contribution is -2.35. The second-order valence-electron chi connectivity index (χ2n) is 8.11. The van der Waals surface area contributed by atoms with Crippen LogP contribution < -0.4 is 20.5 Å². The third-order valence-corrected chi connectivity index (χ3v) is 5.32. The Morgan fingerprint density at radius 1 is 1.10 bits per heavy atom. The molecule has 1 N–H and O–H groups in total. The van der Waals surface area contributed by atoms with Crippen molar-refractivity contribution in [3.63, 3.8) is 0 Å². The molecule has 0 radical (unpaired) electrons. The van der Waals surface area contributed by atoms with Gasteiger partial charge in [0.25, 0.3) is 5.56 Å². The number of fused-ring (bicyclic) bond motifs is 1. The van der Waals surface area contributed by atoms with Gasteiger partial charge in [0.05, 0.1) is 0 Å². The molecule has 0 aliphatic heterocycles. The lowest BCUT2D eigenvalue weighted by atomic mass is 9.98. The van der Waals surface area contributed by atoms with Crippen LogP contribution in [0.4, 0.5) is 11.6 Å². The van der Waals surface area contributed by atoms with Crippen molar-refractivity contribution in [1.82, 2.24) is 19.6 Å². The Morgan fingerprint density at radius 3 is 2.61 bits per heavy atom. The average molecular weight is 424 g/mol. The Labute approximate surface area is 181 Å². The van der Waals surface area contributed by atoms with E-state index in [2.05, 4.69) is 20.2 Å². The number of nitrogens with zero attached hydrogens (tertiary/aromatic N) is 4. The summed E-state index contributed by atoms with van der Waals surface area (Å²) in [4.78, 5) is 29.5. The molecular formula is C23H29N5O3. The third-order valence-electron chi connectivity index (χ3n) is 5.32. The van der Waals surface area contributed by atoms with Gasteiger partial charge >= 0.3 is 0 Å². The highest BCUT2D eigenvalue weighted by Gasteiger charge is 2.18. The predicted molar refractivity (Wildman–Crippen MR) is 121 cm³/mol. The molecule has 1 aliphatic rings. The summed E-state index contributed by atoms with van der Waals surface area (Å²) >= 11 is 0. The van der Waals surface area contributed by atoms with Crippen LogP contribution in [0.15, 0.2) is 47.4 Å². The average Bonchev–Trinajstić information content (AvgIpc) is 2.77. The van der Waals surface area contributed by atoms with E-state index in [-0.39, 0.29) is 11.7 Å². The van der Waals surface area contributed by atoms with E-state index in [9.17, 15) is 4.79 Å². The lowest BCUT2D eigenvalue weighted by Gasteiger charge is -2.23. The molecule has 0 atom stereocenters. The van der Waals surface area contributed by atoms with E-state index < -0.39 is 0 Å². The molecule has 31 heavy (non-hydrogen) atoms. The fourth-order valence-electron chi connectivity index (χ4n) is 3.59. The zero-order valence-electron chi connectivity index (χ0n) is 18.1. The van der Waals surface area contributed by atoms with E-state index in [1.54, 1.807) is 12.3 Å². The molecule has 1 fully saturated rings. The minimum atomic E-state index is -0.220. The molecule has 2 heterocycles. The number of nitrogens with one attached hydrogen (secondary N) is 1. The molecule has 0 bridgehead atoms. The maximum absolute atomic E-state index is 12.5. The van der Waals surface area contributed by atoms with Gasteiger partial charge in [-0.3, -0.25) is 4.79 Å². The van der Waals surface area contributed by atoms with E-state index in [1.807, 2.05) is 38.4 Å². The van der Waals surface area contributed by atoms with E-state index in [1.165, 1.54) is 17.2 Å². The van der Waals surface area contributed by atoms with Crippen molar-refractivity contribution in [1.29, 1.82) is 0 Å². The Bertz CT molecular complexity index is 1060. The number of ether oxygens (including phenoxy) is 1. The lowest BCUT2D eigenvalue weighted by molar-refractivity contribution is 0.0156. The molecule has 1 saturated carbocycles. The zero-order chi connectivity index (χ0) is 21.6. The predicted octanol–water partition coefficient (Wildman–Crippen LogP) is 3.24. The number of aromatic nitrogens is 3. The minimum Gasteiger partial charge on any atom is -0.492 e. The summed E-state index contributed by atoms with van der Waals surface area (Å²) in [7, 11) is 4.03. The van der Waals surface area contributed by atoms with Crippen molar-refractivity contribution in [2.45, 2.75) is 38.2 Å². The van der Waals surface area contributed by atoms with Crippen LogP contribution in [-0.4, -0.2) is 52.9 Å². The summed E-state index contributed by atoms with van der Waals surface area (Å²) in [6.45, 7) is 1.49. The summed E-state index contributed by atoms with van der Waals surface area (Å²) in [6.07, 6.45) is 7.14. The van der Waals surface area contributed by atoms with Gasteiger partial charge in [0, 0.05) is 29.9 Å². The fraction of sp³-hybridized carbons (Fsp3) is 0.435. The summed E-state index contributed by atoms with van der Waals surface area (Å²) in [5.74, 6) is 1.21. The fourth-order valence-corrected chi connectivity index (χ4v) is 3.59. The van der Waals surface area contributed by atoms with Crippen LogP contribution in [0.25, 0.3) is 11.0 Å². The Kier molecular flexibility index (Phi) is 6.66. The molecule has 0 saturated heterocycles. The first-order chi connectivity index (χ1) is 15.1. The van der Waals surface area contributed by atoms with Gasteiger partial charge in [-0.1, -0.05) is 6.42 Å². The third kappa shape index (κ3) is 5.52. The van der Waals surface area contributed by atoms with Crippen molar-refractivity contribution in [2.24, 2.45) is 0 Å². The summed E-state index contributed by atoms with van der Waals surface area (Å²) in [6, 6.07) is 10.9. The normalized spacial score (nSPS) is 14.7. The number of likely N-dealkylation sites (N-methyl/N-ethyl adjacent to an activating group) is 1. The van der Waals surface area contributed by atoms with Gasteiger partial charge in [-0.25, -0.2) is 4.98 Å². The maximum Gasteiger partial charge on any atom is 0.285 e. The summed E-state index contributed by atoms with van der Waals surface area (Å²) in [5, 5.41) is 3.95. The number of rotatable bonds is 8. The van der Waals surface area contributed by atoms with Gasteiger partial charge < -0.3 is 19.8 Å². The smallest absolute Gasteiger partial charge is 0.285 e. The topological polar surface area (TPSA) is 81.5 Å². The SMILES string of the molecule is CN(C)CCOc1ccc(Nc2ncc3ccc(=O)n(OC4CCCCC4)c3n2)cc1.